The van der Waals surface area contributed by atoms with E-state index in [2.05, 4.69) is 5.32 Å². The van der Waals surface area contributed by atoms with Crippen LogP contribution in [-0.4, -0.2) is 18.5 Å². The van der Waals surface area contributed by atoms with E-state index in [0.29, 0.717) is 17.2 Å². The largest absolute Gasteiger partial charge is 0.462 e. The zero-order valence-electron chi connectivity index (χ0n) is 12.3. The van der Waals surface area contributed by atoms with Gasteiger partial charge in [0.05, 0.1) is 12.2 Å². The molecule has 0 aliphatic heterocycles. The number of esters is 1. The number of hydrogen-bond donors (Lipinski definition) is 1. The van der Waals surface area contributed by atoms with E-state index in [4.69, 9.17) is 4.74 Å². The van der Waals surface area contributed by atoms with E-state index < -0.39 is 5.41 Å². The number of thiophene rings is 1. The molecule has 1 N–H and O–H groups in total. The van der Waals surface area contributed by atoms with Crippen molar-refractivity contribution in [2.24, 2.45) is 5.41 Å². The number of carbonyl (C=O) groups excluding carboxylic acids is 2. The van der Waals surface area contributed by atoms with Crippen LogP contribution in [0.3, 0.4) is 0 Å². The molecule has 1 rings (SSSR count). The molecule has 0 saturated heterocycles. The number of aryl methyl sites for hydroxylation is 1. The smallest absolute Gasteiger partial charge is 0.341 e. The normalized spacial score (nSPS) is 11.3. The fraction of sp³-hybridized carbons (Fsp3) is 0.571. The lowest BCUT2D eigenvalue weighted by Gasteiger charge is -2.17. The molecule has 1 amide bonds. The van der Waals surface area contributed by atoms with E-state index in [9.17, 15) is 9.59 Å². The first-order valence-corrected chi connectivity index (χ1v) is 7.08. The van der Waals surface area contributed by atoms with Gasteiger partial charge in [-0.1, -0.05) is 20.8 Å². The molecular weight excluding hydrogens is 262 g/mol. The fourth-order valence-electron chi connectivity index (χ4n) is 1.45. The second-order valence-electron chi connectivity index (χ2n) is 5.41. The Morgan fingerprint density at radius 1 is 1.26 bits per heavy atom. The van der Waals surface area contributed by atoms with E-state index >= 15 is 0 Å². The van der Waals surface area contributed by atoms with Crippen LogP contribution in [0, 0.1) is 19.3 Å². The zero-order valence-corrected chi connectivity index (χ0v) is 13.2. The van der Waals surface area contributed by atoms with E-state index in [-0.39, 0.29) is 11.9 Å². The van der Waals surface area contributed by atoms with Crippen LogP contribution in [0.2, 0.25) is 0 Å². The molecule has 0 spiro atoms. The maximum absolute atomic E-state index is 12.0. The molecule has 19 heavy (non-hydrogen) atoms. The SMILES string of the molecule is CCOC(=O)c1c(NC(=O)C(C)(C)C)sc(C)c1C. The van der Waals surface area contributed by atoms with Crippen molar-refractivity contribution in [2.75, 3.05) is 11.9 Å². The van der Waals surface area contributed by atoms with Crippen molar-refractivity contribution in [1.82, 2.24) is 0 Å². The molecule has 0 aliphatic carbocycles. The Labute approximate surface area is 118 Å². The number of ether oxygens (including phenoxy) is 1. The summed E-state index contributed by atoms with van der Waals surface area (Å²) in [7, 11) is 0. The summed E-state index contributed by atoms with van der Waals surface area (Å²) in [6.07, 6.45) is 0. The van der Waals surface area contributed by atoms with E-state index in [1.807, 2.05) is 34.6 Å². The average Bonchev–Trinajstić information content (AvgIpc) is 2.53. The Kier molecular flexibility index (Phi) is 4.74. The Bertz CT molecular complexity index is 498. The minimum absolute atomic E-state index is 0.112. The third kappa shape index (κ3) is 3.56. The van der Waals surface area contributed by atoms with Gasteiger partial charge in [0, 0.05) is 10.3 Å². The van der Waals surface area contributed by atoms with Gasteiger partial charge in [0.15, 0.2) is 0 Å². The van der Waals surface area contributed by atoms with Crippen LogP contribution < -0.4 is 5.32 Å². The van der Waals surface area contributed by atoms with Gasteiger partial charge >= 0.3 is 5.97 Å². The monoisotopic (exact) mass is 283 g/mol. The van der Waals surface area contributed by atoms with Gasteiger partial charge in [-0.15, -0.1) is 11.3 Å². The summed E-state index contributed by atoms with van der Waals surface area (Å²) in [5.41, 5.74) is 0.840. The molecule has 0 fully saturated rings. The molecule has 1 aromatic rings. The van der Waals surface area contributed by atoms with Gasteiger partial charge in [-0.2, -0.15) is 0 Å². The summed E-state index contributed by atoms with van der Waals surface area (Å²) in [4.78, 5) is 25.0. The Morgan fingerprint density at radius 2 is 1.84 bits per heavy atom. The lowest BCUT2D eigenvalue weighted by atomic mass is 9.96. The van der Waals surface area contributed by atoms with Crippen LogP contribution in [-0.2, 0) is 9.53 Å². The number of amides is 1. The van der Waals surface area contributed by atoms with Crippen LogP contribution in [0.15, 0.2) is 0 Å². The highest BCUT2D eigenvalue weighted by atomic mass is 32.1. The van der Waals surface area contributed by atoms with Gasteiger partial charge in [-0.25, -0.2) is 4.79 Å². The van der Waals surface area contributed by atoms with Crippen molar-refractivity contribution in [3.63, 3.8) is 0 Å². The third-order valence-electron chi connectivity index (χ3n) is 2.77. The maximum Gasteiger partial charge on any atom is 0.341 e. The highest BCUT2D eigenvalue weighted by molar-refractivity contribution is 7.16. The summed E-state index contributed by atoms with van der Waals surface area (Å²) < 4.78 is 5.05. The summed E-state index contributed by atoms with van der Waals surface area (Å²) in [5.74, 6) is -0.493. The van der Waals surface area contributed by atoms with E-state index in [0.717, 1.165) is 10.4 Å². The minimum atomic E-state index is -0.502. The molecule has 0 aromatic carbocycles. The van der Waals surface area contributed by atoms with Gasteiger partial charge in [0.2, 0.25) is 5.91 Å². The second kappa shape index (κ2) is 5.74. The predicted octanol–water partition coefficient (Wildman–Crippen LogP) is 3.53. The number of anilines is 1. The summed E-state index contributed by atoms with van der Waals surface area (Å²) in [6.45, 7) is 11.4. The first-order valence-electron chi connectivity index (χ1n) is 6.27. The van der Waals surface area contributed by atoms with Crippen molar-refractivity contribution < 1.29 is 14.3 Å². The molecule has 0 unspecified atom stereocenters. The van der Waals surface area contributed by atoms with Crippen LogP contribution >= 0.6 is 11.3 Å². The van der Waals surface area contributed by atoms with Gasteiger partial charge in [0.25, 0.3) is 0 Å². The summed E-state index contributed by atoms with van der Waals surface area (Å²) >= 11 is 1.41. The maximum atomic E-state index is 12.0. The van der Waals surface area contributed by atoms with Gasteiger partial charge < -0.3 is 10.1 Å². The van der Waals surface area contributed by atoms with Crippen LogP contribution in [0.25, 0.3) is 0 Å². The van der Waals surface area contributed by atoms with Gasteiger partial charge in [-0.05, 0) is 26.3 Å². The quantitative estimate of drug-likeness (QED) is 0.863. The summed E-state index contributed by atoms with van der Waals surface area (Å²) in [5, 5.41) is 3.41. The lowest BCUT2D eigenvalue weighted by molar-refractivity contribution is -0.123. The van der Waals surface area contributed by atoms with E-state index in [1.54, 1.807) is 6.92 Å². The number of hydrogen-bond acceptors (Lipinski definition) is 4. The highest BCUT2D eigenvalue weighted by Gasteiger charge is 2.26. The van der Waals surface area contributed by atoms with E-state index in [1.165, 1.54) is 11.3 Å². The Balaban J connectivity index is 3.11. The number of nitrogens with one attached hydrogen (secondary N) is 1. The zero-order chi connectivity index (χ0) is 14.8. The highest BCUT2D eigenvalue weighted by Crippen LogP contribution is 2.34. The first kappa shape index (κ1) is 15.7. The molecule has 0 aliphatic rings. The van der Waals surface area contributed by atoms with Crippen molar-refractivity contribution in [1.29, 1.82) is 0 Å². The predicted molar refractivity (Wildman–Crippen MR) is 77.8 cm³/mol. The average molecular weight is 283 g/mol. The standard InChI is InChI=1S/C14H21NO3S/c1-7-18-12(16)10-8(2)9(3)19-11(10)15-13(17)14(4,5)6/h7H2,1-6H3,(H,15,17). The molecule has 0 bridgehead atoms. The van der Waals surface area contributed by atoms with Crippen LogP contribution in [0.4, 0.5) is 5.00 Å². The molecule has 0 radical (unpaired) electrons. The fourth-order valence-corrected chi connectivity index (χ4v) is 2.50. The Hall–Kier alpha value is -1.36. The molecule has 0 atom stereocenters. The number of rotatable bonds is 3. The second-order valence-corrected chi connectivity index (χ2v) is 6.64. The molecule has 0 saturated carbocycles. The first-order chi connectivity index (χ1) is 8.68. The molecule has 106 valence electrons. The van der Waals surface area contributed by atoms with Crippen molar-refractivity contribution in [2.45, 2.75) is 41.5 Å². The van der Waals surface area contributed by atoms with Crippen LogP contribution in [0.5, 0.6) is 0 Å². The van der Waals surface area contributed by atoms with Gasteiger partial charge in [-0.3, -0.25) is 4.79 Å². The molecule has 4 nitrogen and oxygen atoms in total. The van der Waals surface area contributed by atoms with Crippen LogP contribution in [0.1, 0.15) is 48.5 Å². The third-order valence-corrected chi connectivity index (χ3v) is 3.90. The molecule has 1 aromatic heterocycles. The van der Waals surface area contributed by atoms with Crippen molar-refractivity contribution >= 4 is 28.2 Å². The number of carbonyl (C=O) groups is 2. The van der Waals surface area contributed by atoms with Crippen molar-refractivity contribution in [3.05, 3.63) is 16.0 Å². The topological polar surface area (TPSA) is 55.4 Å². The summed E-state index contributed by atoms with van der Waals surface area (Å²) in [6, 6.07) is 0. The van der Waals surface area contributed by atoms with Gasteiger partial charge in [0.1, 0.15) is 5.00 Å². The molecule has 5 heteroatoms. The Morgan fingerprint density at radius 3 is 2.32 bits per heavy atom. The molecular formula is C14H21NO3S. The minimum Gasteiger partial charge on any atom is -0.462 e. The lowest BCUT2D eigenvalue weighted by Crippen LogP contribution is -2.28. The molecule has 1 heterocycles. The van der Waals surface area contributed by atoms with Crippen molar-refractivity contribution in [3.8, 4) is 0 Å².